The van der Waals surface area contributed by atoms with E-state index in [1.165, 1.54) is 16.7 Å². The summed E-state index contributed by atoms with van der Waals surface area (Å²) >= 11 is 0. The second-order valence-corrected chi connectivity index (χ2v) is 11.1. The summed E-state index contributed by atoms with van der Waals surface area (Å²) in [5.74, 6) is 1.03. The average molecular weight is 487 g/mol. The molecule has 4 rings (SSSR count). The summed E-state index contributed by atoms with van der Waals surface area (Å²) in [7, 11) is 0. The van der Waals surface area contributed by atoms with Gasteiger partial charge in [-0.25, -0.2) is 4.68 Å². The number of nitrogens with zero attached hydrogens (tertiary/aromatic N) is 5. The zero-order valence-electron chi connectivity index (χ0n) is 22.5. The van der Waals surface area contributed by atoms with Gasteiger partial charge in [0.05, 0.1) is 11.6 Å². The molecule has 2 aromatic carbocycles. The smallest absolute Gasteiger partial charge is 0.252 e. The van der Waals surface area contributed by atoms with E-state index in [0.29, 0.717) is 13.1 Å². The number of H-pyrrole nitrogens is 1. The van der Waals surface area contributed by atoms with Gasteiger partial charge in [-0.1, -0.05) is 56.7 Å². The molecule has 2 aromatic heterocycles. The topological polar surface area (TPSA) is 79.7 Å². The first-order valence-corrected chi connectivity index (χ1v) is 12.8. The number of hydrogen-bond donors (Lipinski definition) is 1. The lowest BCUT2D eigenvalue weighted by Gasteiger charge is -2.35. The summed E-state index contributed by atoms with van der Waals surface area (Å²) in [5.41, 5.74) is 4.94. The van der Waals surface area contributed by atoms with Crippen LogP contribution in [0.4, 0.5) is 0 Å². The molecule has 0 saturated carbocycles. The molecule has 190 valence electrons. The molecule has 0 aliphatic heterocycles. The lowest BCUT2D eigenvalue weighted by atomic mass is 9.98. The first kappa shape index (κ1) is 25.8. The van der Waals surface area contributed by atoms with E-state index >= 15 is 0 Å². The Balaban J connectivity index is 1.81. The van der Waals surface area contributed by atoms with Crippen LogP contribution in [0.3, 0.4) is 0 Å². The number of aromatic amines is 1. The van der Waals surface area contributed by atoms with E-state index < -0.39 is 0 Å². The third kappa shape index (κ3) is 5.57. The zero-order chi connectivity index (χ0) is 26.0. The highest BCUT2D eigenvalue weighted by molar-refractivity contribution is 5.79. The fourth-order valence-corrected chi connectivity index (χ4v) is 4.78. The quantitative estimate of drug-likeness (QED) is 0.354. The maximum absolute atomic E-state index is 13.2. The molecular formula is C29H38N6O. The summed E-state index contributed by atoms with van der Waals surface area (Å²) in [6.45, 7) is 16.1. The van der Waals surface area contributed by atoms with Crippen molar-refractivity contribution in [3.8, 4) is 0 Å². The lowest BCUT2D eigenvalue weighted by molar-refractivity contribution is 0.119. The Hall–Kier alpha value is -3.32. The summed E-state index contributed by atoms with van der Waals surface area (Å²) in [6, 6.07) is 16.8. The second kappa shape index (κ2) is 10.3. The second-order valence-electron chi connectivity index (χ2n) is 11.1. The van der Waals surface area contributed by atoms with Gasteiger partial charge in [-0.15, -0.1) is 5.10 Å². The minimum Gasteiger partial charge on any atom is -0.322 e. The van der Waals surface area contributed by atoms with Crippen molar-refractivity contribution >= 4 is 10.9 Å². The first-order chi connectivity index (χ1) is 17.1. The Morgan fingerprint density at radius 3 is 2.33 bits per heavy atom. The van der Waals surface area contributed by atoms with Crippen molar-refractivity contribution in [3.05, 3.63) is 87.0 Å². The Kier molecular flexibility index (Phi) is 7.41. The van der Waals surface area contributed by atoms with Crippen molar-refractivity contribution in [2.75, 3.05) is 0 Å². The maximum atomic E-state index is 13.2. The standard InChI is InChI=1S/C29H38N6O/c1-8-21-13-14-25-23(15-21)16-24(28(36)30-25)18-34(17-22-11-9-20(4)10-12-22)26(19(2)3)27-31-32-33-35(27)29(5,6)7/h9-16,19,26H,8,17-18H2,1-7H3,(H,30,36)/t26-/m0/s1. The molecule has 2 heterocycles. The number of hydrogen-bond acceptors (Lipinski definition) is 5. The normalized spacial score (nSPS) is 13.1. The lowest BCUT2D eigenvalue weighted by Crippen LogP contribution is -2.37. The average Bonchev–Trinajstić information content (AvgIpc) is 3.30. The van der Waals surface area contributed by atoms with Crippen LogP contribution in [0, 0.1) is 12.8 Å². The van der Waals surface area contributed by atoms with E-state index in [1.54, 1.807) is 0 Å². The van der Waals surface area contributed by atoms with Crippen LogP contribution in [0.2, 0.25) is 0 Å². The number of rotatable bonds is 8. The van der Waals surface area contributed by atoms with Gasteiger partial charge in [0.2, 0.25) is 0 Å². The third-order valence-corrected chi connectivity index (χ3v) is 6.69. The monoisotopic (exact) mass is 486 g/mol. The molecule has 1 atom stereocenters. The molecule has 7 nitrogen and oxygen atoms in total. The van der Waals surface area contributed by atoms with Crippen LogP contribution in [-0.4, -0.2) is 30.1 Å². The van der Waals surface area contributed by atoms with Crippen molar-refractivity contribution in [2.24, 2.45) is 5.92 Å². The molecule has 0 radical (unpaired) electrons. The molecule has 0 amide bonds. The molecule has 0 aliphatic rings. The van der Waals surface area contributed by atoms with Gasteiger partial charge in [-0.05, 0) is 85.2 Å². The highest BCUT2D eigenvalue weighted by Crippen LogP contribution is 2.32. The number of benzene rings is 2. The predicted octanol–water partition coefficient (Wildman–Crippen LogP) is 5.54. The van der Waals surface area contributed by atoms with E-state index in [1.807, 2.05) is 16.8 Å². The van der Waals surface area contributed by atoms with E-state index in [2.05, 4.69) is 110 Å². The van der Waals surface area contributed by atoms with Gasteiger partial charge in [-0.3, -0.25) is 9.69 Å². The van der Waals surface area contributed by atoms with Crippen molar-refractivity contribution in [1.82, 2.24) is 30.1 Å². The van der Waals surface area contributed by atoms with Gasteiger partial charge in [0.25, 0.3) is 5.56 Å². The number of aryl methyl sites for hydroxylation is 2. The molecule has 0 unspecified atom stereocenters. The highest BCUT2D eigenvalue weighted by Gasteiger charge is 2.33. The largest absolute Gasteiger partial charge is 0.322 e. The van der Waals surface area contributed by atoms with Crippen molar-refractivity contribution in [1.29, 1.82) is 0 Å². The molecule has 0 aliphatic carbocycles. The predicted molar refractivity (Wildman–Crippen MR) is 145 cm³/mol. The van der Waals surface area contributed by atoms with Gasteiger partial charge in [-0.2, -0.15) is 0 Å². The minimum absolute atomic E-state index is 0.0569. The number of tetrazole rings is 1. The van der Waals surface area contributed by atoms with E-state index in [9.17, 15) is 4.79 Å². The van der Waals surface area contributed by atoms with Crippen molar-refractivity contribution in [3.63, 3.8) is 0 Å². The zero-order valence-corrected chi connectivity index (χ0v) is 22.5. The number of fused-ring (bicyclic) bond motifs is 1. The molecule has 7 heteroatoms. The minimum atomic E-state index is -0.265. The number of nitrogens with one attached hydrogen (secondary N) is 1. The van der Waals surface area contributed by atoms with Gasteiger partial charge < -0.3 is 4.98 Å². The molecule has 0 saturated heterocycles. The molecule has 0 spiro atoms. The van der Waals surface area contributed by atoms with Gasteiger partial charge in [0.15, 0.2) is 5.82 Å². The Bertz CT molecular complexity index is 1380. The van der Waals surface area contributed by atoms with E-state index in [-0.39, 0.29) is 23.1 Å². The van der Waals surface area contributed by atoms with Crippen LogP contribution in [0.25, 0.3) is 10.9 Å². The van der Waals surface area contributed by atoms with Crippen LogP contribution in [-0.2, 0) is 25.0 Å². The molecule has 1 N–H and O–H groups in total. The summed E-state index contributed by atoms with van der Waals surface area (Å²) in [4.78, 5) is 18.6. The molecule has 0 bridgehead atoms. The third-order valence-electron chi connectivity index (χ3n) is 6.69. The fourth-order valence-electron chi connectivity index (χ4n) is 4.78. The van der Waals surface area contributed by atoms with E-state index in [4.69, 9.17) is 0 Å². The van der Waals surface area contributed by atoms with Gasteiger partial charge >= 0.3 is 0 Å². The van der Waals surface area contributed by atoms with Gasteiger partial charge in [0, 0.05) is 24.2 Å². The highest BCUT2D eigenvalue weighted by atomic mass is 16.1. The van der Waals surface area contributed by atoms with Crippen molar-refractivity contribution in [2.45, 2.75) is 79.6 Å². The van der Waals surface area contributed by atoms with Crippen LogP contribution < -0.4 is 5.56 Å². The fraction of sp³-hybridized carbons (Fsp3) is 0.448. The Morgan fingerprint density at radius 2 is 1.69 bits per heavy atom. The summed E-state index contributed by atoms with van der Waals surface area (Å²) in [5, 5.41) is 13.9. The summed E-state index contributed by atoms with van der Waals surface area (Å²) < 4.78 is 1.91. The van der Waals surface area contributed by atoms with Crippen LogP contribution in [0.1, 0.15) is 75.7 Å². The van der Waals surface area contributed by atoms with Crippen LogP contribution in [0.15, 0.2) is 53.3 Å². The molecule has 4 aromatic rings. The maximum Gasteiger partial charge on any atom is 0.252 e. The Labute approximate surface area is 213 Å². The van der Waals surface area contributed by atoms with E-state index in [0.717, 1.165) is 28.7 Å². The molecule has 0 fully saturated rings. The van der Waals surface area contributed by atoms with Crippen LogP contribution >= 0.6 is 0 Å². The van der Waals surface area contributed by atoms with Crippen molar-refractivity contribution < 1.29 is 0 Å². The van der Waals surface area contributed by atoms with Crippen LogP contribution in [0.5, 0.6) is 0 Å². The van der Waals surface area contributed by atoms with Gasteiger partial charge in [0.1, 0.15) is 0 Å². The number of pyridine rings is 1. The molecule has 36 heavy (non-hydrogen) atoms. The first-order valence-electron chi connectivity index (χ1n) is 12.8. The SMILES string of the molecule is CCc1ccc2[nH]c(=O)c(CN(Cc3ccc(C)cc3)[C@H](c3nnnn3C(C)(C)C)C(C)C)cc2c1. The number of aromatic nitrogens is 5. The molecular weight excluding hydrogens is 448 g/mol. The Morgan fingerprint density at radius 1 is 1.00 bits per heavy atom. The summed E-state index contributed by atoms with van der Waals surface area (Å²) in [6.07, 6.45) is 0.953.